The lowest BCUT2D eigenvalue weighted by molar-refractivity contribution is 0.332. The van der Waals surface area contributed by atoms with E-state index in [9.17, 15) is 0 Å². The van der Waals surface area contributed by atoms with Gasteiger partial charge < -0.3 is 0 Å². The molecule has 58 valence electrons. The molecule has 1 aliphatic carbocycles. The molecule has 0 bridgehead atoms. The molecule has 0 N–H and O–H groups in total. The van der Waals surface area contributed by atoms with E-state index in [0.717, 1.165) is 0 Å². The van der Waals surface area contributed by atoms with Crippen LogP contribution in [0.25, 0.3) is 0 Å². The molecule has 1 saturated heterocycles. The summed E-state index contributed by atoms with van der Waals surface area (Å²) in [6.45, 7) is 2.43. The Bertz CT molecular complexity index is 153. The molecule has 0 amide bonds. The Hall–Kier alpha value is 0.390. The first-order valence-electron chi connectivity index (χ1n) is 4.09. The van der Waals surface area contributed by atoms with Gasteiger partial charge in [0.25, 0.3) is 0 Å². The second kappa shape index (κ2) is 1.95. The summed E-state index contributed by atoms with van der Waals surface area (Å²) in [5, 5.41) is 0.649. The van der Waals surface area contributed by atoms with Crippen LogP contribution in [-0.4, -0.2) is 36.1 Å². The summed E-state index contributed by atoms with van der Waals surface area (Å²) in [5.74, 6) is 0. The van der Waals surface area contributed by atoms with Crippen LogP contribution >= 0.6 is 7.92 Å². The van der Waals surface area contributed by atoms with E-state index in [4.69, 9.17) is 0 Å². The van der Waals surface area contributed by atoms with Crippen molar-refractivity contribution in [2.45, 2.75) is 30.7 Å². The van der Waals surface area contributed by atoms with Crippen molar-refractivity contribution in [3.63, 3.8) is 0 Å². The van der Waals surface area contributed by atoms with E-state index in [-0.39, 0.29) is 0 Å². The molecule has 10 heavy (non-hydrogen) atoms. The zero-order valence-electron chi connectivity index (χ0n) is 7.09. The van der Waals surface area contributed by atoms with Gasteiger partial charge >= 0.3 is 0 Å². The predicted octanol–water partition coefficient (Wildman–Crippen LogP) is 1.92. The highest BCUT2D eigenvalue weighted by Crippen LogP contribution is 2.76. The fraction of sp³-hybridized carbons (Fsp3) is 1.00. The Morgan fingerprint density at radius 3 is 2.30 bits per heavy atom. The maximum atomic E-state index is 2.43. The van der Waals surface area contributed by atoms with E-state index in [0.29, 0.717) is 13.2 Å². The van der Waals surface area contributed by atoms with Crippen molar-refractivity contribution < 1.29 is 0 Å². The maximum absolute atomic E-state index is 2.43. The third-order valence-electron chi connectivity index (χ3n) is 2.94. The van der Waals surface area contributed by atoms with Crippen LogP contribution in [0, 0.1) is 0 Å². The zero-order valence-corrected chi connectivity index (χ0v) is 7.99. The van der Waals surface area contributed by atoms with Crippen molar-refractivity contribution in [1.29, 1.82) is 0 Å². The molecule has 2 heteroatoms. The summed E-state index contributed by atoms with van der Waals surface area (Å²) < 4.78 is 0. The average molecular weight is 157 g/mol. The lowest BCUT2D eigenvalue weighted by Crippen LogP contribution is -2.26. The largest absolute Gasteiger partial charge is 0.300 e. The number of hydrogen-bond acceptors (Lipinski definition) is 1. The fourth-order valence-corrected chi connectivity index (χ4v) is 5.03. The molecule has 0 spiro atoms. The minimum Gasteiger partial charge on any atom is -0.300 e. The van der Waals surface area contributed by atoms with Gasteiger partial charge in [0.05, 0.1) is 0 Å². The molecule has 0 aromatic carbocycles. The van der Waals surface area contributed by atoms with Gasteiger partial charge in [-0.05, 0) is 45.7 Å². The van der Waals surface area contributed by atoms with Gasteiger partial charge in [0.15, 0.2) is 0 Å². The monoisotopic (exact) mass is 157 g/mol. The Morgan fingerprint density at radius 1 is 1.40 bits per heavy atom. The predicted molar refractivity (Wildman–Crippen MR) is 46.9 cm³/mol. The minimum atomic E-state index is 0.443. The summed E-state index contributed by atoms with van der Waals surface area (Å²) in [5.41, 5.74) is 1.17. The normalized spacial score (nSPS) is 46.2. The van der Waals surface area contributed by atoms with Crippen molar-refractivity contribution in [2.75, 3.05) is 20.3 Å². The third-order valence-corrected chi connectivity index (χ3v) is 6.70. The van der Waals surface area contributed by atoms with Gasteiger partial charge in [-0.2, -0.15) is 0 Å². The van der Waals surface area contributed by atoms with Crippen LogP contribution in [0.2, 0.25) is 0 Å². The summed E-state index contributed by atoms with van der Waals surface area (Å²) in [4.78, 5) is 2.43. The molecule has 1 heterocycles. The topological polar surface area (TPSA) is 3.24 Å². The number of hydrogen-bond donors (Lipinski definition) is 0. The van der Waals surface area contributed by atoms with Crippen LogP contribution in [0.15, 0.2) is 0 Å². The van der Waals surface area contributed by atoms with Gasteiger partial charge in [0.2, 0.25) is 0 Å². The van der Waals surface area contributed by atoms with E-state index in [1.54, 1.807) is 0 Å². The molecule has 1 unspecified atom stereocenters. The second-order valence-electron chi connectivity index (χ2n) is 3.97. The first-order chi connectivity index (χ1) is 4.64. The molecular formula is C8H16NP. The molecule has 0 radical (unpaired) electrons. The molecule has 1 nitrogen and oxygen atoms in total. The average Bonchev–Trinajstić information content (AvgIpc) is 2.57. The Labute approximate surface area is 64.5 Å². The highest BCUT2D eigenvalue weighted by Gasteiger charge is 2.57. The van der Waals surface area contributed by atoms with Crippen molar-refractivity contribution in [3.05, 3.63) is 0 Å². The summed E-state index contributed by atoms with van der Waals surface area (Å²) in [6, 6.07) is 0. The van der Waals surface area contributed by atoms with E-state index in [2.05, 4.69) is 25.9 Å². The van der Waals surface area contributed by atoms with Crippen LogP contribution in [0.3, 0.4) is 0 Å². The quantitative estimate of drug-likeness (QED) is 0.553. The van der Waals surface area contributed by atoms with E-state index in [1.807, 2.05) is 0 Å². The SMILES string of the molecule is CN(C)[C@]1(C)CP1C1CC1. The minimum absolute atomic E-state index is 0.443. The maximum Gasteiger partial charge on any atom is 0.0416 e. The Kier molecular flexibility index (Phi) is 1.38. The third kappa shape index (κ3) is 0.914. The van der Waals surface area contributed by atoms with Crippen molar-refractivity contribution in [2.24, 2.45) is 0 Å². The smallest absolute Gasteiger partial charge is 0.0416 e. The van der Waals surface area contributed by atoms with Gasteiger partial charge in [-0.25, -0.2) is 0 Å². The molecule has 2 aliphatic rings. The summed E-state index contributed by atoms with van der Waals surface area (Å²) >= 11 is 0. The molecule has 2 fully saturated rings. The number of rotatable bonds is 2. The van der Waals surface area contributed by atoms with Gasteiger partial charge in [-0.1, -0.05) is 7.92 Å². The van der Waals surface area contributed by atoms with Gasteiger partial charge in [-0.15, -0.1) is 0 Å². The highest BCUT2D eigenvalue weighted by molar-refractivity contribution is 7.68. The van der Waals surface area contributed by atoms with Crippen LogP contribution in [0.4, 0.5) is 0 Å². The lowest BCUT2D eigenvalue weighted by atomic mass is 10.4. The van der Waals surface area contributed by atoms with Gasteiger partial charge in [0.1, 0.15) is 0 Å². The highest BCUT2D eigenvalue weighted by atomic mass is 31.1. The molecule has 0 aromatic rings. The van der Waals surface area contributed by atoms with Crippen molar-refractivity contribution in [3.8, 4) is 0 Å². The lowest BCUT2D eigenvalue weighted by Gasteiger charge is -2.19. The molecule has 1 aliphatic heterocycles. The number of nitrogens with zero attached hydrogens (tertiary/aromatic N) is 1. The van der Waals surface area contributed by atoms with Crippen LogP contribution in [0.5, 0.6) is 0 Å². The van der Waals surface area contributed by atoms with Crippen molar-refractivity contribution in [1.82, 2.24) is 4.90 Å². The molecule has 2 atom stereocenters. The van der Waals surface area contributed by atoms with Crippen LogP contribution in [-0.2, 0) is 0 Å². The standard InChI is InChI=1S/C8H16NP/c1-8(9(2)3)6-10(8)7-4-5-7/h7H,4-6H2,1-3H3/t8-,10?/m0/s1. The molecule has 2 rings (SSSR count). The zero-order chi connectivity index (χ0) is 7.35. The first kappa shape index (κ1) is 7.06. The molecule has 1 saturated carbocycles. The summed E-state index contributed by atoms with van der Waals surface area (Å²) in [6.07, 6.45) is 4.59. The van der Waals surface area contributed by atoms with Crippen LogP contribution in [0.1, 0.15) is 19.8 Å². The summed E-state index contributed by atoms with van der Waals surface area (Å²) in [7, 11) is 4.90. The van der Waals surface area contributed by atoms with Crippen LogP contribution < -0.4 is 0 Å². The second-order valence-corrected chi connectivity index (χ2v) is 6.92. The molecule has 0 aromatic heterocycles. The Morgan fingerprint density at radius 2 is 2.00 bits per heavy atom. The van der Waals surface area contributed by atoms with E-state index in [1.165, 1.54) is 24.7 Å². The van der Waals surface area contributed by atoms with Crippen molar-refractivity contribution >= 4 is 7.92 Å². The molecular weight excluding hydrogens is 141 g/mol. The first-order valence-corrected chi connectivity index (χ1v) is 5.68. The van der Waals surface area contributed by atoms with E-state index >= 15 is 0 Å². The fourth-order valence-electron chi connectivity index (χ4n) is 1.59. The Balaban J connectivity index is 1.96. The van der Waals surface area contributed by atoms with E-state index < -0.39 is 0 Å². The van der Waals surface area contributed by atoms with Gasteiger partial charge in [0, 0.05) is 5.28 Å². The van der Waals surface area contributed by atoms with Gasteiger partial charge in [-0.3, -0.25) is 4.90 Å².